The van der Waals surface area contributed by atoms with Gasteiger partial charge in [0.2, 0.25) is 11.8 Å². The standard InChI is InChI=1S/C25H27F2N3O3/c1-15-9-17(25(33)29-8-4-3-5-16(29)2)6-7-22(15)28-24(32)18-10-23(31)30(14-18)21-12-19(26)11-20(27)13-21/h6-7,9,11-13,16,18H,3-5,8,10,14H2,1-2H3,(H,28,32). The molecule has 2 atom stereocenters. The molecule has 0 aromatic heterocycles. The Bertz CT molecular complexity index is 1080. The van der Waals surface area contributed by atoms with E-state index >= 15 is 0 Å². The van der Waals surface area contributed by atoms with Crippen LogP contribution in [0.25, 0.3) is 0 Å². The number of rotatable bonds is 4. The van der Waals surface area contributed by atoms with Crippen LogP contribution >= 0.6 is 0 Å². The second kappa shape index (κ2) is 9.29. The average Bonchev–Trinajstić information content (AvgIpc) is 3.16. The largest absolute Gasteiger partial charge is 0.336 e. The molecule has 2 saturated heterocycles. The third-order valence-electron chi connectivity index (χ3n) is 6.45. The monoisotopic (exact) mass is 455 g/mol. The predicted octanol–water partition coefficient (Wildman–Crippen LogP) is 4.28. The number of aryl methyl sites for hydroxylation is 1. The Morgan fingerprint density at radius 2 is 1.79 bits per heavy atom. The van der Waals surface area contributed by atoms with Crippen LogP contribution in [0.5, 0.6) is 0 Å². The normalized spacial score (nSPS) is 20.8. The highest BCUT2D eigenvalue weighted by Crippen LogP contribution is 2.28. The first-order valence-corrected chi connectivity index (χ1v) is 11.2. The van der Waals surface area contributed by atoms with E-state index in [0.717, 1.165) is 49.6 Å². The van der Waals surface area contributed by atoms with Crippen LogP contribution in [-0.2, 0) is 9.59 Å². The summed E-state index contributed by atoms with van der Waals surface area (Å²) in [5.74, 6) is -2.95. The quantitative estimate of drug-likeness (QED) is 0.748. The SMILES string of the molecule is Cc1cc(C(=O)N2CCCCC2C)ccc1NC(=O)C1CC(=O)N(c2cc(F)cc(F)c2)C1. The summed E-state index contributed by atoms with van der Waals surface area (Å²) in [4.78, 5) is 41.2. The third kappa shape index (κ3) is 4.89. The van der Waals surface area contributed by atoms with E-state index in [1.165, 1.54) is 4.90 Å². The number of nitrogens with zero attached hydrogens (tertiary/aromatic N) is 2. The Morgan fingerprint density at radius 1 is 1.06 bits per heavy atom. The van der Waals surface area contributed by atoms with Crippen molar-refractivity contribution in [3.05, 3.63) is 59.2 Å². The number of carbonyl (C=O) groups excluding carboxylic acids is 3. The fourth-order valence-electron chi connectivity index (χ4n) is 4.57. The van der Waals surface area contributed by atoms with Crippen molar-refractivity contribution in [3.8, 4) is 0 Å². The molecule has 2 heterocycles. The van der Waals surface area contributed by atoms with Crippen LogP contribution in [0, 0.1) is 24.5 Å². The number of benzene rings is 2. The van der Waals surface area contributed by atoms with Gasteiger partial charge in [0.15, 0.2) is 0 Å². The fourth-order valence-corrected chi connectivity index (χ4v) is 4.57. The number of likely N-dealkylation sites (tertiary alicyclic amines) is 1. The molecule has 0 radical (unpaired) electrons. The first kappa shape index (κ1) is 22.9. The van der Waals surface area contributed by atoms with Gasteiger partial charge in [-0.15, -0.1) is 0 Å². The van der Waals surface area contributed by atoms with Gasteiger partial charge in [0.25, 0.3) is 5.91 Å². The number of carbonyl (C=O) groups is 3. The summed E-state index contributed by atoms with van der Waals surface area (Å²) >= 11 is 0. The lowest BCUT2D eigenvalue weighted by atomic mass is 10.0. The van der Waals surface area contributed by atoms with Gasteiger partial charge in [0.1, 0.15) is 11.6 Å². The zero-order valence-electron chi connectivity index (χ0n) is 18.7. The van der Waals surface area contributed by atoms with E-state index in [-0.39, 0.29) is 42.4 Å². The fraction of sp³-hybridized carbons (Fsp3) is 0.400. The third-order valence-corrected chi connectivity index (χ3v) is 6.45. The molecule has 33 heavy (non-hydrogen) atoms. The second-order valence-electron chi connectivity index (χ2n) is 8.90. The molecule has 0 bridgehead atoms. The molecule has 1 N–H and O–H groups in total. The molecule has 2 aliphatic heterocycles. The predicted molar refractivity (Wildman–Crippen MR) is 121 cm³/mol. The minimum absolute atomic E-state index is 0.0115. The van der Waals surface area contributed by atoms with Gasteiger partial charge >= 0.3 is 0 Å². The van der Waals surface area contributed by atoms with Gasteiger partial charge in [-0.3, -0.25) is 14.4 Å². The molecular formula is C25H27F2N3O3. The molecule has 2 aliphatic rings. The maximum atomic E-state index is 13.5. The highest BCUT2D eigenvalue weighted by Gasteiger charge is 2.35. The lowest BCUT2D eigenvalue weighted by Gasteiger charge is -2.33. The van der Waals surface area contributed by atoms with Crippen molar-refractivity contribution in [1.29, 1.82) is 0 Å². The van der Waals surface area contributed by atoms with Crippen molar-refractivity contribution in [2.75, 3.05) is 23.3 Å². The number of anilines is 2. The summed E-state index contributed by atoms with van der Waals surface area (Å²) in [7, 11) is 0. The van der Waals surface area contributed by atoms with E-state index in [0.29, 0.717) is 11.3 Å². The first-order valence-electron chi connectivity index (χ1n) is 11.2. The van der Waals surface area contributed by atoms with E-state index < -0.39 is 17.6 Å². The maximum Gasteiger partial charge on any atom is 0.254 e. The van der Waals surface area contributed by atoms with Crippen molar-refractivity contribution in [1.82, 2.24) is 4.90 Å². The Morgan fingerprint density at radius 3 is 2.45 bits per heavy atom. The Balaban J connectivity index is 1.43. The molecular weight excluding hydrogens is 428 g/mol. The van der Waals surface area contributed by atoms with Crippen molar-refractivity contribution in [2.45, 2.75) is 45.6 Å². The molecule has 8 heteroatoms. The number of nitrogens with one attached hydrogen (secondary N) is 1. The van der Waals surface area contributed by atoms with Gasteiger partial charge in [-0.25, -0.2) is 8.78 Å². The summed E-state index contributed by atoms with van der Waals surface area (Å²) in [6.45, 7) is 4.66. The lowest BCUT2D eigenvalue weighted by Crippen LogP contribution is -2.42. The topological polar surface area (TPSA) is 69.7 Å². The Kier molecular flexibility index (Phi) is 6.44. The van der Waals surface area contributed by atoms with Gasteiger partial charge in [-0.2, -0.15) is 0 Å². The number of amides is 3. The van der Waals surface area contributed by atoms with Crippen LogP contribution in [0.4, 0.5) is 20.2 Å². The van der Waals surface area contributed by atoms with Crippen LogP contribution < -0.4 is 10.2 Å². The molecule has 2 aromatic rings. The summed E-state index contributed by atoms with van der Waals surface area (Å²) in [5, 5.41) is 2.83. The first-order chi connectivity index (χ1) is 15.7. The molecule has 0 spiro atoms. The molecule has 0 saturated carbocycles. The highest BCUT2D eigenvalue weighted by molar-refractivity contribution is 6.04. The zero-order chi connectivity index (χ0) is 23.7. The molecule has 2 unspecified atom stereocenters. The van der Waals surface area contributed by atoms with Crippen molar-refractivity contribution in [2.24, 2.45) is 5.92 Å². The summed E-state index contributed by atoms with van der Waals surface area (Å²) in [6.07, 6.45) is 3.08. The van der Waals surface area contributed by atoms with E-state index in [4.69, 9.17) is 0 Å². The zero-order valence-corrected chi connectivity index (χ0v) is 18.7. The van der Waals surface area contributed by atoms with Gasteiger partial charge in [0, 0.05) is 48.6 Å². The van der Waals surface area contributed by atoms with E-state index in [9.17, 15) is 23.2 Å². The van der Waals surface area contributed by atoms with Crippen molar-refractivity contribution in [3.63, 3.8) is 0 Å². The van der Waals surface area contributed by atoms with Crippen LogP contribution in [0.3, 0.4) is 0 Å². The summed E-state index contributed by atoms with van der Waals surface area (Å²) in [6, 6.07) is 8.26. The summed E-state index contributed by atoms with van der Waals surface area (Å²) in [5.41, 5.74) is 1.98. The molecule has 174 valence electrons. The van der Waals surface area contributed by atoms with Gasteiger partial charge in [-0.05, 0) is 69.0 Å². The van der Waals surface area contributed by atoms with Crippen molar-refractivity contribution >= 4 is 29.1 Å². The molecule has 0 aliphatic carbocycles. The van der Waals surface area contributed by atoms with Crippen LogP contribution in [-0.4, -0.2) is 41.8 Å². The Labute approximate surface area is 191 Å². The number of hydrogen-bond acceptors (Lipinski definition) is 3. The van der Waals surface area contributed by atoms with Gasteiger partial charge < -0.3 is 15.1 Å². The number of piperidine rings is 1. The molecule has 2 aromatic carbocycles. The molecule has 6 nitrogen and oxygen atoms in total. The Hall–Kier alpha value is -3.29. The molecule has 3 amide bonds. The summed E-state index contributed by atoms with van der Waals surface area (Å²) < 4.78 is 27.1. The van der Waals surface area contributed by atoms with E-state index in [2.05, 4.69) is 12.2 Å². The van der Waals surface area contributed by atoms with Gasteiger partial charge in [0.05, 0.1) is 5.92 Å². The minimum atomic E-state index is -0.782. The maximum absolute atomic E-state index is 13.5. The lowest BCUT2D eigenvalue weighted by molar-refractivity contribution is -0.122. The van der Waals surface area contributed by atoms with E-state index in [1.807, 2.05) is 11.8 Å². The smallest absolute Gasteiger partial charge is 0.254 e. The van der Waals surface area contributed by atoms with Gasteiger partial charge in [-0.1, -0.05) is 0 Å². The molecule has 2 fully saturated rings. The molecule has 4 rings (SSSR count). The van der Waals surface area contributed by atoms with Crippen LogP contribution in [0.15, 0.2) is 36.4 Å². The van der Waals surface area contributed by atoms with E-state index in [1.54, 1.807) is 18.2 Å². The number of hydrogen-bond donors (Lipinski definition) is 1. The second-order valence-corrected chi connectivity index (χ2v) is 8.90. The average molecular weight is 456 g/mol. The minimum Gasteiger partial charge on any atom is -0.336 e. The highest BCUT2D eigenvalue weighted by atomic mass is 19.1. The van der Waals surface area contributed by atoms with Crippen molar-refractivity contribution < 1.29 is 23.2 Å². The van der Waals surface area contributed by atoms with Crippen LogP contribution in [0.1, 0.15) is 48.5 Å². The van der Waals surface area contributed by atoms with Crippen LogP contribution in [0.2, 0.25) is 0 Å². The number of halogens is 2.